The molecule has 0 bridgehead atoms. The van der Waals surface area contributed by atoms with E-state index in [-0.39, 0.29) is 5.91 Å². The second-order valence-corrected chi connectivity index (χ2v) is 5.82. The number of benzene rings is 1. The first kappa shape index (κ1) is 15.3. The smallest absolute Gasteiger partial charge is 0.230 e. The van der Waals surface area contributed by atoms with E-state index in [0.717, 1.165) is 5.56 Å². The zero-order valence-corrected chi connectivity index (χ0v) is 12.5. The van der Waals surface area contributed by atoms with Crippen LogP contribution < -0.4 is 5.73 Å². The topological polar surface area (TPSA) is 55.6 Å². The van der Waals surface area contributed by atoms with Gasteiger partial charge < -0.3 is 15.4 Å². The lowest BCUT2D eigenvalue weighted by Gasteiger charge is -2.37. The van der Waals surface area contributed by atoms with Crippen molar-refractivity contribution in [2.75, 3.05) is 26.8 Å². The number of nitrogens with zero attached hydrogens (tertiary/aromatic N) is 1. The monoisotopic (exact) mass is 296 g/mol. The molecule has 0 atom stereocenters. The maximum Gasteiger partial charge on any atom is 0.230 e. The van der Waals surface area contributed by atoms with Crippen LogP contribution in [-0.4, -0.2) is 37.6 Å². The predicted molar refractivity (Wildman–Crippen MR) is 79.5 cm³/mol. The summed E-state index contributed by atoms with van der Waals surface area (Å²) >= 11 is 5.97. The van der Waals surface area contributed by atoms with Gasteiger partial charge in [0.25, 0.3) is 0 Å². The SMILES string of the molecule is CN(Cc1cccc(Cl)c1)C(=O)C1(CN)CCOCC1. The van der Waals surface area contributed by atoms with Crippen LogP contribution >= 0.6 is 11.6 Å². The van der Waals surface area contributed by atoms with Crippen molar-refractivity contribution in [3.05, 3.63) is 34.9 Å². The lowest BCUT2D eigenvalue weighted by atomic mass is 9.79. The molecule has 1 saturated heterocycles. The Hall–Kier alpha value is -1.10. The van der Waals surface area contributed by atoms with Crippen molar-refractivity contribution < 1.29 is 9.53 Å². The van der Waals surface area contributed by atoms with Crippen LogP contribution in [0.1, 0.15) is 18.4 Å². The van der Waals surface area contributed by atoms with E-state index in [4.69, 9.17) is 22.1 Å². The summed E-state index contributed by atoms with van der Waals surface area (Å²) in [7, 11) is 1.82. The minimum Gasteiger partial charge on any atom is -0.381 e. The third-order valence-electron chi connectivity index (χ3n) is 3.95. The first-order chi connectivity index (χ1) is 9.57. The number of hydrogen-bond acceptors (Lipinski definition) is 3. The van der Waals surface area contributed by atoms with Crippen LogP contribution in [0, 0.1) is 5.41 Å². The van der Waals surface area contributed by atoms with Gasteiger partial charge in [-0.15, -0.1) is 0 Å². The number of hydrogen-bond donors (Lipinski definition) is 1. The van der Waals surface area contributed by atoms with Crippen molar-refractivity contribution in [1.29, 1.82) is 0 Å². The molecule has 1 aromatic carbocycles. The summed E-state index contributed by atoms with van der Waals surface area (Å²) < 4.78 is 5.35. The van der Waals surface area contributed by atoms with Crippen LogP contribution in [0.3, 0.4) is 0 Å². The summed E-state index contributed by atoms with van der Waals surface area (Å²) in [5.41, 5.74) is 6.42. The molecule has 1 heterocycles. The molecule has 1 aliphatic heterocycles. The summed E-state index contributed by atoms with van der Waals surface area (Å²) in [6.45, 7) is 2.12. The fraction of sp³-hybridized carbons (Fsp3) is 0.533. The molecule has 2 N–H and O–H groups in total. The van der Waals surface area contributed by atoms with Gasteiger partial charge in [-0.1, -0.05) is 23.7 Å². The molecular weight excluding hydrogens is 276 g/mol. The van der Waals surface area contributed by atoms with E-state index < -0.39 is 5.41 Å². The average molecular weight is 297 g/mol. The van der Waals surface area contributed by atoms with E-state index in [1.165, 1.54) is 0 Å². The zero-order chi connectivity index (χ0) is 14.6. The Bertz CT molecular complexity index is 473. The number of ether oxygens (including phenoxy) is 1. The molecule has 1 fully saturated rings. The number of halogens is 1. The van der Waals surface area contributed by atoms with Gasteiger partial charge in [-0.05, 0) is 30.5 Å². The normalized spacial score (nSPS) is 17.8. The Labute approximate surface area is 124 Å². The van der Waals surface area contributed by atoms with E-state index in [1.807, 2.05) is 31.3 Å². The van der Waals surface area contributed by atoms with Crippen LogP contribution in [0.15, 0.2) is 24.3 Å². The van der Waals surface area contributed by atoms with Crippen LogP contribution in [-0.2, 0) is 16.1 Å². The molecule has 0 radical (unpaired) electrons. The van der Waals surface area contributed by atoms with Gasteiger partial charge in [-0.3, -0.25) is 4.79 Å². The van der Waals surface area contributed by atoms with Crippen molar-refractivity contribution in [2.24, 2.45) is 11.1 Å². The maximum absolute atomic E-state index is 12.7. The Morgan fingerprint density at radius 2 is 2.15 bits per heavy atom. The van der Waals surface area contributed by atoms with E-state index in [0.29, 0.717) is 44.2 Å². The van der Waals surface area contributed by atoms with Crippen molar-refractivity contribution in [2.45, 2.75) is 19.4 Å². The summed E-state index contributed by atoms with van der Waals surface area (Å²) in [4.78, 5) is 14.4. The van der Waals surface area contributed by atoms with Crippen molar-refractivity contribution in [3.8, 4) is 0 Å². The number of amides is 1. The number of nitrogens with two attached hydrogens (primary N) is 1. The van der Waals surface area contributed by atoms with Crippen molar-refractivity contribution in [3.63, 3.8) is 0 Å². The fourth-order valence-corrected chi connectivity index (χ4v) is 2.87. The minimum absolute atomic E-state index is 0.100. The first-order valence-corrected chi connectivity index (χ1v) is 7.23. The van der Waals surface area contributed by atoms with Crippen molar-refractivity contribution in [1.82, 2.24) is 4.90 Å². The Balaban J connectivity index is 2.07. The van der Waals surface area contributed by atoms with E-state index in [2.05, 4.69) is 0 Å². The molecule has 110 valence electrons. The van der Waals surface area contributed by atoms with E-state index >= 15 is 0 Å². The summed E-state index contributed by atoms with van der Waals surface area (Å²) in [5, 5.41) is 0.683. The van der Waals surface area contributed by atoms with Gasteiger partial charge >= 0.3 is 0 Å². The molecule has 0 spiro atoms. The summed E-state index contributed by atoms with van der Waals surface area (Å²) in [5.74, 6) is 0.100. The van der Waals surface area contributed by atoms with Crippen LogP contribution in [0.25, 0.3) is 0 Å². The largest absolute Gasteiger partial charge is 0.381 e. The Morgan fingerprint density at radius 3 is 2.75 bits per heavy atom. The highest BCUT2D eigenvalue weighted by Crippen LogP contribution is 2.31. The molecule has 0 saturated carbocycles. The zero-order valence-electron chi connectivity index (χ0n) is 11.8. The molecule has 0 aromatic heterocycles. The van der Waals surface area contributed by atoms with E-state index in [1.54, 1.807) is 4.90 Å². The van der Waals surface area contributed by atoms with Crippen LogP contribution in [0.4, 0.5) is 0 Å². The number of carbonyl (C=O) groups is 1. The molecule has 1 aliphatic rings. The number of carbonyl (C=O) groups excluding carboxylic acids is 1. The highest BCUT2D eigenvalue weighted by atomic mass is 35.5. The molecule has 1 amide bonds. The van der Waals surface area contributed by atoms with Gasteiger partial charge in [-0.25, -0.2) is 0 Å². The quantitative estimate of drug-likeness (QED) is 0.925. The van der Waals surface area contributed by atoms with Gasteiger partial charge in [0.2, 0.25) is 5.91 Å². The van der Waals surface area contributed by atoms with Crippen LogP contribution in [0.5, 0.6) is 0 Å². The molecule has 5 heteroatoms. The van der Waals surface area contributed by atoms with Gasteiger partial charge in [0.15, 0.2) is 0 Å². The standard InChI is InChI=1S/C15H21ClN2O2/c1-18(10-12-3-2-4-13(16)9-12)14(19)15(11-17)5-7-20-8-6-15/h2-4,9H,5-8,10-11,17H2,1H3. The highest BCUT2D eigenvalue weighted by Gasteiger charge is 2.40. The predicted octanol–water partition coefficient (Wildman–Crippen LogP) is 2.05. The third kappa shape index (κ3) is 3.32. The number of rotatable bonds is 4. The second kappa shape index (κ2) is 6.57. The van der Waals surface area contributed by atoms with Gasteiger partial charge in [0, 0.05) is 38.4 Å². The maximum atomic E-state index is 12.7. The fourth-order valence-electron chi connectivity index (χ4n) is 2.65. The molecule has 20 heavy (non-hydrogen) atoms. The first-order valence-electron chi connectivity index (χ1n) is 6.85. The van der Waals surface area contributed by atoms with Gasteiger partial charge in [-0.2, -0.15) is 0 Å². The summed E-state index contributed by atoms with van der Waals surface area (Å²) in [6, 6.07) is 7.56. The highest BCUT2D eigenvalue weighted by molar-refractivity contribution is 6.30. The molecule has 1 aromatic rings. The summed E-state index contributed by atoms with van der Waals surface area (Å²) in [6.07, 6.45) is 1.39. The second-order valence-electron chi connectivity index (χ2n) is 5.39. The molecule has 2 rings (SSSR count). The van der Waals surface area contributed by atoms with E-state index in [9.17, 15) is 4.79 Å². The van der Waals surface area contributed by atoms with Gasteiger partial charge in [0.05, 0.1) is 5.41 Å². The molecule has 4 nitrogen and oxygen atoms in total. The Morgan fingerprint density at radius 1 is 1.45 bits per heavy atom. The Kier molecular flexibility index (Phi) is 5.02. The van der Waals surface area contributed by atoms with Gasteiger partial charge in [0.1, 0.15) is 0 Å². The van der Waals surface area contributed by atoms with Crippen LogP contribution in [0.2, 0.25) is 5.02 Å². The lowest BCUT2D eigenvalue weighted by Crippen LogP contribution is -2.49. The molecule has 0 unspecified atom stereocenters. The van der Waals surface area contributed by atoms with Crippen molar-refractivity contribution >= 4 is 17.5 Å². The molecular formula is C15H21ClN2O2. The molecule has 0 aliphatic carbocycles. The lowest BCUT2D eigenvalue weighted by molar-refractivity contribution is -0.146. The minimum atomic E-state index is -0.467. The average Bonchev–Trinajstić information content (AvgIpc) is 2.47. The third-order valence-corrected chi connectivity index (χ3v) is 4.18.